The van der Waals surface area contributed by atoms with Crippen molar-refractivity contribution >= 4 is 10.1 Å². The lowest BCUT2D eigenvalue weighted by Gasteiger charge is -2.24. The van der Waals surface area contributed by atoms with Gasteiger partial charge in [0.15, 0.2) is 0 Å². The second kappa shape index (κ2) is 7.24. The van der Waals surface area contributed by atoms with Crippen LogP contribution in [0.15, 0.2) is 0 Å². The highest BCUT2D eigenvalue weighted by Gasteiger charge is 2.20. The van der Waals surface area contributed by atoms with Gasteiger partial charge in [-0.15, -0.1) is 0 Å². The van der Waals surface area contributed by atoms with Crippen molar-refractivity contribution < 1.29 is 28.3 Å². The Bertz CT molecular complexity index is 305. The number of aliphatic hydroxyl groups is 3. The first kappa shape index (κ1) is 16.8. The van der Waals surface area contributed by atoms with Crippen LogP contribution in [0.3, 0.4) is 0 Å². The highest BCUT2D eigenvalue weighted by molar-refractivity contribution is 7.86. The van der Waals surface area contributed by atoms with Crippen LogP contribution in [0.4, 0.5) is 0 Å². The van der Waals surface area contributed by atoms with Crippen molar-refractivity contribution in [3.8, 4) is 0 Å². The van der Waals surface area contributed by atoms with Gasteiger partial charge >= 0.3 is 0 Å². The predicted molar refractivity (Wildman–Crippen MR) is 59.8 cm³/mol. The van der Waals surface area contributed by atoms with Crippen molar-refractivity contribution in [2.75, 3.05) is 6.61 Å². The van der Waals surface area contributed by atoms with Gasteiger partial charge in [-0.25, -0.2) is 8.42 Å². The van der Waals surface area contributed by atoms with Gasteiger partial charge in [-0.2, -0.15) is 0 Å². The molecule has 8 heteroatoms. The van der Waals surface area contributed by atoms with Gasteiger partial charge < -0.3 is 19.9 Å². The van der Waals surface area contributed by atoms with E-state index in [1.165, 1.54) is 0 Å². The molecule has 0 aromatic heterocycles. The summed E-state index contributed by atoms with van der Waals surface area (Å²) in [5.74, 6) is 0.278. The zero-order valence-corrected chi connectivity index (χ0v) is 10.7. The highest BCUT2D eigenvalue weighted by atomic mass is 32.2. The van der Waals surface area contributed by atoms with E-state index in [0.29, 0.717) is 6.42 Å². The van der Waals surface area contributed by atoms with Crippen LogP contribution in [-0.4, -0.2) is 52.6 Å². The summed E-state index contributed by atoms with van der Waals surface area (Å²) in [5, 5.41) is 29.9. The lowest BCUT2D eigenvalue weighted by atomic mass is 10.0. The van der Waals surface area contributed by atoms with E-state index < -0.39 is 34.2 Å². The van der Waals surface area contributed by atoms with Crippen LogP contribution in [0.5, 0.6) is 0 Å². The molecule has 0 fully saturated rings. The van der Waals surface area contributed by atoms with Crippen LogP contribution >= 0.6 is 0 Å². The normalized spacial score (nSPS) is 18.1. The zero-order chi connectivity index (χ0) is 13.6. The fourth-order valence-corrected chi connectivity index (χ4v) is 1.83. The first-order valence-corrected chi connectivity index (χ1v) is 6.81. The summed E-state index contributed by atoms with van der Waals surface area (Å²) in [5.41, 5.74) is -2.15. The minimum atomic E-state index is -4.82. The van der Waals surface area contributed by atoms with Crippen LogP contribution in [0, 0.1) is 5.92 Å². The van der Waals surface area contributed by atoms with Crippen molar-refractivity contribution in [2.24, 2.45) is 5.92 Å². The minimum absolute atomic E-state index is 0.227. The second-order valence-corrected chi connectivity index (χ2v) is 5.90. The maximum Gasteiger partial charge on any atom is 0.147 e. The zero-order valence-electron chi connectivity index (χ0n) is 9.91. The van der Waals surface area contributed by atoms with E-state index >= 15 is 0 Å². The number of aliphatic hydroxyl groups excluding tert-OH is 3. The van der Waals surface area contributed by atoms with E-state index in [9.17, 15) is 18.1 Å². The molecule has 0 rings (SSSR count). The average Bonchev–Trinajstić information content (AvgIpc) is 2.14. The predicted octanol–water partition coefficient (Wildman–Crippen LogP) is -1.44. The first-order valence-electron chi connectivity index (χ1n) is 5.34. The largest absolute Gasteiger partial charge is 0.746 e. The third kappa shape index (κ3) is 7.63. The van der Waals surface area contributed by atoms with Gasteiger partial charge in [0, 0.05) is 12.5 Å². The van der Waals surface area contributed by atoms with Crippen molar-refractivity contribution in [3.05, 3.63) is 0 Å². The molecule has 0 aromatic rings. The molecule has 104 valence electrons. The van der Waals surface area contributed by atoms with Crippen LogP contribution in [0.2, 0.25) is 0 Å². The molecule has 0 saturated heterocycles. The standard InChI is InChI=1S/C9H21NO6S/c1-6(2)3-7(5-11)10-8(12)4-9(13)17(14,15)16/h6-13H,3-5H2,1-2H3,(H,14,15,16)/p-1. The van der Waals surface area contributed by atoms with E-state index in [1.54, 1.807) is 0 Å². The molecule has 0 amide bonds. The summed E-state index contributed by atoms with van der Waals surface area (Å²) in [6.45, 7) is 3.62. The Morgan fingerprint density at radius 1 is 1.24 bits per heavy atom. The Labute approximate surface area is 101 Å². The van der Waals surface area contributed by atoms with Gasteiger partial charge in [-0.1, -0.05) is 13.8 Å². The van der Waals surface area contributed by atoms with E-state index in [2.05, 4.69) is 5.32 Å². The van der Waals surface area contributed by atoms with E-state index in [0.717, 1.165) is 0 Å². The topological polar surface area (TPSA) is 130 Å². The van der Waals surface area contributed by atoms with E-state index in [-0.39, 0.29) is 12.5 Å². The van der Waals surface area contributed by atoms with E-state index in [4.69, 9.17) is 10.2 Å². The van der Waals surface area contributed by atoms with Crippen molar-refractivity contribution in [1.29, 1.82) is 0 Å². The molecule has 0 aliphatic heterocycles. The summed E-state index contributed by atoms with van der Waals surface area (Å²) in [7, 11) is -4.82. The fourth-order valence-electron chi connectivity index (χ4n) is 1.41. The number of nitrogens with one attached hydrogen (secondary N) is 1. The highest BCUT2D eigenvalue weighted by Crippen LogP contribution is 2.07. The van der Waals surface area contributed by atoms with Gasteiger partial charge in [0.1, 0.15) is 21.8 Å². The van der Waals surface area contributed by atoms with Gasteiger partial charge in [0.2, 0.25) is 0 Å². The summed E-state index contributed by atoms with van der Waals surface area (Å²) in [4.78, 5) is 0. The second-order valence-electron chi connectivity index (χ2n) is 4.37. The Morgan fingerprint density at radius 2 is 1.76 bits per heavy atom. The molecule has 0 aliphatic carbocycles. The summed E-state index contributed by atoms with van der Waals surface area (Å²) >= 11 is 0. The van der Waals surface area contributed by atoms with Gasteiger partial charge in [-0.3, -0.25) is 5.32 Å². The Balaban J connectivity index is 4.19. The number of rotatable bonds is 8. The molecular formula is C9H20NO6S-. The summed E-state index contributed by atoms with van der Waals surface area (Å²) in [6.07, 6.45) is -1.40. The van der Waals surface area contributed by atoms with Gasteiger partial charge in [0.25, 0.3) is 0 Å². The van der Waals surface area contributed by atoms with Crippen molar-refractivity contribution in [2.45, 2.75) is 44.4 Å². The third-order valence-electron chi connectivity index (χ3n) is 2.16. The molecule has 4 N–H and O–H groups in total. The molecule has 0 bridgehead atoms. The summed E-state index contributed by atoms with van der Waals surface area (Å²) in [6, 6.07) is -0.411. The van der Waals surface area contributed by atoms with Gasteiger partial charge in [-0.05, 0) is 12.3 Å². The van der Waals surface area contributed by atoms with Crippen LogP contribution < -0.4 is 5.32 Å². The van der Waals surface area contributed by atoms with E-state index in [1.807, 2.05) is 13.8 Å². The van der Waals surface area contributed by atoms with Crippen molar-refractivity contribution in [3.63, 3.8) is 0 Å². The van der Waals surface area contributed by atoms with Crippen molar-refractivity contribution in [1.82, 2.24) is 5.32 Å². The molecule has 0 spiro atoms. The lowest BCUT2D eigenvalue weighted by molar-refractivity contribution is 0.0621. The van der Waals surface area contributed by atoms with Crippen LogP contribution in [0.1, 0.15) is 26.7 Å². The monoisotopic (exact) mass is 270 g/mol. The Morgan fingerprint density at radius 3 is 2.12 bits per heavy atom. The molecule has 0 saturated carbocycles. The Kier molecular flexibility index (Phi) is 7.14. The molecule has 7 nitrogen and oxygen atoms in total. The fraction of sp³-hybridized carbons (Fsp3) is 1.00. The maximum atomic E-state index is 10.4. The molecule has 0 radical (unpaired) electrons. The third-order valence-corrected chi connectivity index (χ3v) is 3.02. The molecule has 0 heterocycles. The molecule has 3 atom stereocenters. The van der Waals surface area contributed by atoms with Gasteiger partial charge in [0.05, 0.1) is 6.61 Å². The number of hydrogen-bond donors (Lipinski definition) is 4. The minimum Gasteiger partial charge on any atom is -0.746 e. The average molecular weight is 270 g/mol. The first-order chi connectivity index (χ1) is 7.66. The summed E-state index contributed by atoms with van der Waals surface area (Å²) < 4.78 is 31.2. The number of hydrogen-bond acceptors (Lipinski definition) is 7. The SMILES string of the molecule is CC(C)CC(CO)NC(O)CC(O)S(=O)(=O)[O-]. The Hall–Kier alpha value is -0.250. The molecule has 17 heavy (non-hydrogen) atoms. The molecule has 3 unspecified atom stereocenters. The maximum absolute atomic E-state index is 10.4. The molecule has 0 aromatic carbocycles. The van der Waals surface area contributed by atoms with Crippen LogP contribution in [0.25, 0.3) is 0 Å². The molecular weight excluding hydrogens is 250 g/mol. The lowest BCUT2D eigenvalue weighted by Crippen LogP contribution is -2.43. The molecule has 0 aliphatic rings. The smallest absolute Gasteiger partial charge is 0.147 e. The van der Waals surface area contributed by atoms with Crippen LogP contribution in [-0.2, 0) is 10.1 Å². The quantitative estimate of drug-likeness (QED) is 0.314.